The van der Waals surface area contributed by atoms with E-state index in [1.54, 1.807) is 6.07 Å². The molecule has 0 spiro atoms. The van der Waals surface area contributed by atoms with Gasteiger partial charge in [0.05, 0.1) is 4.88 Å². The first-order valence-corrected chi connectivity index (χ1v) is 8.18. The van der Waals surface area contributed by atoms with Crippen molar-refractivity contribution in [2.45, 2.75) is 19.9 Å². The third-order valence-electron chi connectivity index (χ3n) is 3.78. The highest BCUT2D eigenvalue weighted by Gasteiger charge is 2.30. The van der Waals surface area contributed by atoms with Crippen LogP contribution in [0.2, 0.25) is 0 Å². The predicted molar refractivity (Wildman–Crippen MR) is 84.5 cm³/mol. The Morgan fingerprint density at radius 1 is 1.24 bits per heavy atom. The number of rotatable bonds is 4. The minimum absolute atomic E-state index is 0.0306. The highest BCUT2D eigenvalue weighted by atomic mass is 32.1. The van der Waals surface area contributed by atoms with E-state index in [1.807, 2.05) is 30.2 Å². The molecule has 0 saturated carbocycles. The molecule has 2 heterocycles. The zero-order valence-corrected chi connectivity index (χ0v) is 13.7. The zero-order chi connectivity index (χ0) is 15.4. The van der Waals surface area contributed by atoms with Crippen LogP contribution in [0, 0.1) is 5.92 Å². The quantitative estimate of drug-likeness (QED) is 0.911. The molecule has 2 amide bonds. The molecule has 1 atom stereocenters. The van der Waals surface area contributed by atoms with Crippen molar-refractivity contribution in [3.8, 4) is 0 Å². The summed E-state index contributed by atoms with van der Waals surface area (Å²) in [4.78, 5) is 29.5. The Balaban J connectivity index is 2.01. The molecule has 21 heavy (non-hydrogen) atoms. The van der Waals surface area contributed by atoms with Crippen LogP contribution >= 0.6 is 11.3 Å². The average molecular weight is 309 g/mol. The molecule has 116 valence electrons. The Bertz CT molecular complexity index is 479. The molecule has 0 radical (unpaired) electrons. The van der Waals surface area contributed by atoms with Gasteiger partial charge in [-0.1, -0.05) is 19.9 Å². The van der Waals surface area contributed by atoms with Crippen molar-refractivity contribution in [3.05, 3.63) is 22.4 Å². The molecule has 1 aromatic heterocycles. The lowest BCUT2D eigenvalue weighted by molar-refractivity contribution is -0.135. The number of hydrogen-bond donors (Lipinski definition) is 1. The number of carbonyl (C=O) groups excluding carboxylic acids is 2. The maximum atomic E-state index is 12.6. The Morgan fingerprint density at radius 2 is 1.90 bits per heavy atom. The van der Waals surface area contributed by atoms with Crippen LogP contribution in [0.4, 0.5) is 0 Å². The van der Waals surface area contributed by atoms with Gasteiger partial charge >= 0.3 is 0 Å². The van der Waals surface area contributed by atoms with E-state index in [9.17, 15) is 9.59 Å². The highest BCUT2D eigenvalue weighted by Crippen LogP contribution is 2.12. The summed E-state index contributed by atoms with van der Waals surface area (Å²) >= 11 is 1.39. The molecule has 0 aromatic carbocycles. The van der Waals surface area contributed by atoms with E-state index in [0.717, 1.165) is 26.2 Å². The van der Waals surface area contributed by atoms with Gasteiger partial charge in [-0.2, -0.15) is 0 Å². The molecule has 1 fully saturated rings. The summed E-state index contributed by atoms with van der Waals surface area (Å²) in [5.41, 5.74) is 0. The monoisotopic (exact) mass is 309 g/mol. The lowest BCUT2D eigenvalue weighted by Crippen LogP contribution is -2.55. The van der Waals surface area contributed by atoms with Gasteiger partial charge < -0.3 is 15.1 Å². The standard InChI is InChI=1S/C15H23N3O2S/c1-11(2)13(16-14(19)12-5-4-10-21-12)15(20)18-8-6-17(3)7-9-18/h4-5,10-11,13H,6-9H2,1-3H3,(H,16,19). The molecule has 1 saturated heterocycles. The smallest absolute Gasteiger partial charge is 0.262 e. The first kappa shape index (κ1) is 16.0. The lowest BCUT2D eigenvalue weighted by atomic mass is 10.0. The Labute approximate surface area is 129 Å². The average Bonchev–Trinajstić information content (AvgIpc) is 2.98. The fourth-order valence-electron chi connectivity index (χ4n) is 2.36. The van der Waals surface area contributed by atoms with Gasteiger partial charge in [0, 0.05) is 26.2 Å². The first-order chi connectivity index (χ1) is 9.99. The number of amides is 2. The molecule has 6 heteroatoms. The number of hydrogen-bond acceptors (Lipinski definition) is 4. The number of likely N-dealkylation sites (N-methyl/N-ethyl adjacent to an activating group) is 1. The number of nitrogens with zero attached hydrogens (tertiary/aromatic N) is 2. The summed E-state index contributed by atoms with van der Waals surface area (Å²) in [7, 11) is 2.06. The fourth-order valence-corrected chi connectivity index (χ4v) is 2.98. The van der Waals surface area contributed by atoms with E-state index in [-0.39, 0.29) is 17.7 Å². The summed E-state index contributed by atoms with van der Waals surface area (Å²) in [6.07, 6.45) is 0. The number of piperazine rings is 1. The van der Waals surface area contributed by atoms with Crippen molar-refractivity contribution < 1.29 is 9.59 Å². The zero-order valence-electron chi connectivity index (χ0n) is 12.8. The molecule has 1 aliphatic rings. The van der Waals surface area contributed by atoms with Crippen LogP contribution in [0.15, 0.2) is 17.5 Å². The predicted octanol–water partition coefficient (Wildman–Crippen LogP) is 1.28. The summed E-state index contributed by atoms with van der Waals surface area (Å²) in [6.45, 7) is 7.16. The van der Waals surface area contributed by atoms with E-state index in [4.69, 9.17) is 0 Å². The highest BCUT2D eigenvalue weighted by molar-refractivity contribution is 7.12. The number of nitrogens with one attached hydrogen (secondary N) is 1. The van der Waals surface area contributed by atoms with Crippen molar-refractivity contribution in [2.24, 2.45) is 5.92 Å². The normalized spacial score (nSPS) is 17.8. The largest absolute Gasteiger partial charge is 0.339 e. The minimum Gasteiger partial charge on any atom is -0.339 e. The molecular weight excluding hydrogens is 286 g/mol. The van der Waals surface area contributed by atoms with Crippen LogP contribution < -0.4 is 5.32 Å². The van der Waals surface area contributed by atoms with Crippen LogP contribution in [0.5, 0.6) is 0 Å². The maximum Gasteiger partial charge on any atom is 0.262 e. The molecule has 1 unspecified atom stereocenters. The Kier molecular flexibility index (Phi) is 5.36. The third-order valence-corrected chi connectivity index (χ3v) is 4.65. The molecule has 1 aliphatic heterocycles. The minimum atomic E-state index is -0.456. The van der Waals surface area contributed by atoms with Crippen molar-refractivity contribution >= 4 is 23.2 Å². The summed E-state index contributed by atoms with van der Waals surface area (Å²) < 4.78 is 0. The maximum absolute atomic E-state index is 12.6. The molecule has 0 bridgehead atoms. The van der Waals surface area contributed by atoms with Gasteiger partial charge in [-0.3, -0.25) is 9.59 Å². The first-order valence-electron chi connectivity index (χ1n) is 7.30. The summed E-state index contributed by atoms with van der Waals surface area (Å²) in [6, 6.07) is 3.16. The summed E-state index contributed by atoms with van der Waals surface area (Å²) in [5.74, 6) is -0.0600. The number of thiophene rings is 1. The van der Waals surface area contributed by atoms with Crippen LogP contribution in [-0.2, 0) is 4.79 Å². The molecule has 5 nitrogen and oxygen atoms in total. The van der Waals surface area contributed by atoms with Crippen molar-refractivity contribution in [1.29, 1.82) is 0 Å². The van der Waals surface area contributed by atoms with E-state index in [0.29, 0.717) is 4.88 Å². The molecular formula is C15H23N3O2S. The Morgan fingerprint density at radius 3 is 2.43 bits per heavy atom. The van der Waals surface area contributed by atoms with E-state index >= 15 is 0 Å². The third kappa shape index (κ3) is 4.04. The molecule has 2 rings (SSSR count). The van der Waals surface area contributed by atoms with Gasteiger partial charge in [0.15, 0.2) is 0 Å². The second-order valence-electron chi connectivity index (χ2n) is 5.80. The fraction of sp³-hybridized carbons (Fsp3) is 0.600. The van der Waals surface area contributed by atoms with Gasteiger partial charge in [-0.15, -0.1) is 11.3 Å². The van der Waals surface area contributed by atoms with Gasteiger partial charge in [0.2, 0.25) is 5.91 Å². The van der Waals surface area contributed by atoms with Crippen molar-refractivity contribution in [1.82, 2.24) is 15.1 Å². The van der Waals surface area contributed by atoms with E-state index in [2.05, 4.69) is 17.3 Å². The van der Waals surface area contributed by atoms with E-state index < -0.39 is 6.04 Å². The second kappa shape index (κ2) is 7.04. The molecule has 0 aliphatic carbocycles. The van der Waals surface area contributed by atoms with Gasteiger partial charge in [0.1, 0.15) is 6.04 Å². The number of carbonyl (C=O) groups is 2. The van der Waals surface area contributed by atoms with Gasteiger partial charge in [-0.05, 0) is 24.4 Å². The van der Waals surface area contributed by atoms with Crippen LogP contribution in [-0.4, -0.2) is 60.9 Å². The van der Waals surface area contributed by atoms with E-state index in [1.165, 1.54) is 11.3 Å². The van der Waals surface area contributed by atoms with Crippen LogP contribution in [0.25, 0.3) is 0 Å². The topological polar surface area (TPSA) is 52.7 Å². The Hall–Kier alpha value is -1.40. The van der Waals surface area contributed by atoms with Crippen LogP contribution in [0.3, 0.4) is 0 Å². The van der Waals surface area contributed by atoms with Crippen molar-refractivity contribution in [3.63, 3.8) is 0 Å². The van der Waals surface area contributed by atoms with Gasteiger partial charge in [-0.25, -0.2) is 0 Å². The molecule has 1 aromatic rings. The lowest BCUT2D eigenvalue weighted by Gasteiger charge is -2.35. The van der Waals surface area contributed by atoms with Crippen LogP contribution in [0.1, 0.15) is 23.5 Å². The molecule has 1 N–H and O–H groups in total. The second-order valence-corrected chi connectivity index (χ2v) is 6.75. The van der Waals surface area contributed by atoms with Crippen molar-refractivity contribution in [2.75, 3.05) is 33.2 Å². The summed E-state index contributed by atoms with van der Waals surface area (Å²) in [5, 5.41) is 4.76. The van der Waals surface area contributed by atoms with Gasteiger partial charge in [0.25, 0.3) is 5.91 Å². The SMILES string of the molecule is CC(C)C(NC(=O)c1cccs1)C(=O)N1CCN(C)CC1.